The lowest BCUT2D eigenvalue weighted by molar-refractivity contribution is 0.306. The van der Waals surface area contributed by atoms with Crippen molar-refractivity contribution in [1.82, 2.24) is 4.98 Å². The van der Waals surface area contributed by atoms with E-state index in [1.807, 2.05) is 48.2 Å². The van der Waals surface area contributed by atoms with E-state index in [1.165, 1.54) is 37.0 Å². The van der Waals surface area contributed by atoms with Gasteiger partial charge in [0, 0.05) is 45.7 Å². The highest BCUT2D eigenvalue weighted by atomic mass is 32.2. The van der Waals surface area contributed by atoms with Gasteiger partial charge < -0.3 is 14.3 Å². The topological polar surface area (TPSA) is 72.6 Å². The Bertz CT molecular complexity index is 1390. The fourth-order valence-electron chi connectivity index (χ4n) is 4.72. The van der Waals surface area contributed by atoms with Gasteiger partial charge in [-0.15, -0.1) is 11.8 Å². The molecule has 0 amide bonds. The summed E-state index contributed by atoms with van der Waals surface area (Å²) in [6, 6.07) is 19.7. The minimum atomic E-state index is -0.533. The molecule has 2 aromatic heterocycles. The third-order valence-corrected chi connectivity index (χ3v) is 8.13. The second kappa shape index (κ2) is 11.7. The van der Waals surface area contributed by atoms with Gasteiger partial charge in [0.05, 0.1) is 5.56 Å². The number of aromatic nitrogens is 1. The highest BCUT2D eigenvalue weighted by Crippen LogP contribution is 2.36. The molecule has 0 aliphatic heterocycles. The van der Waals surface area contributed by atoms with Crippen LogP contribution in [0, 0.1) is 6.92 Å². The van der Waals surface area contributed by atoms with Crippen LogP contribution in [0.2, 0.25) is 0 Å². The van der Waals surface area contributed by atoms with Gasteiger partial charge in [0.15, 0.2) is 0 Å². The van der Waals surface area contributed by atoms with Crippen LogP contribution in [0.1, 0.15) is 54.4 Å². The molecule has 0 unspecified atom stereocenters. The van der Waals surface area contributed by atoms with Gasteiger partial charge in [0.1, 0.15) is 23.9 Å². The van der Waals surface area contributed by atoms with E-state index in [4.69, 9.17) is 9.15 Å². The summed E-state index contributed by atoms with van der Waals surface area (Å²) < 4.78 is 11.6. The zero-order chi connectivity index (χ0) is 25.6. The van der Waals surface area contributed by atoms with Crippen LogP contribution in [-0.4, -0.2) is 15.3 Å². The Hall–Kier alpha value is -3.51. The van der Waals surface area contributed by atoms with E-state index in [2.05, 4.69) is 29.2 Å². The number of nitrogens with zero attached hydrogens (tertiary/aromatic N) is 1. The molecule has 0 bridgehead atoms. The molecule has 5 rings (SSSR count). The molecular formula is C31H31NO4S. The van der Waals surface area contributed by atoms with Gasteiger partial charge >= 0.3 is 5.63 Å². The van der Waals surface area contributed by atoms with E-state index >= 15 is 0 Å². The van der Waals surface area contributed by atoms with E-state index in [0.717, 1.165) is 11.1 Å². The Kier molecular flexibility index (Phi) is 7.95. The van der Waals surface area contributed by atoms with Crippen LogP contribution in [-0.2, 0) is 13.0 Å². The predicted molar refractivity (Wildman–Crippen MR) is 147 cm³/mol. The first kappa shape index (κ1) is 25.2. The number of ether oxygens (including phenoxy) is 1. The Balaban J connectivity index is 1.38. The maximum absolute atomic E-state index is 12.5. The second-order valence-corrected chi connectivity index (χ2v) is 10.9. The third-order valence-electron chi connectivity index (χ3n) is 6.80. The monoisotopic (exact) mass is 513 g/mol. The largest absolute Gasteiger partial charge is 0.507 e. The van der Waals surface area contributed by atoms with E-state index in [-0.39, 0.29) is 11.3 Å². The molecular weight excluding hydrogens is 482 g/mol. The summed E-state index contributed by atoms with van der Waals surface area (Å²) in [6.45, 7) is 2.01. The van der Waals surface area contributed by atoms with Gasteiger partial charge in [-0.05, 0) is 67.8 Å². The van der Waals surface area contributed by atoms with Crippen LogP contribution < -0.4 is 10.4 Å². The van der Waals surface area contributed by atoms with E-state index in [9.17, 15) is 9.90 Å². The molecule has 1 N–H and O–H groups in total. The molecule has 190 valence electrons. The summed E-state index contributed by atoms with van der Waals surface area (Å²) in [4.78, 5) is 17.8. The number of rotatable bonds is 8. The molecule has 1 fully saturated rings. The van der Waals surface area contributed by atoms with Crippen LogP contribution in [0.25, 0.3) is 11.3 Å². The van der Waals surface area contributed by atoms with Crippen molar-refractivity contribution in [2.75, 3.05) is 0 Å². The van der Waals surface area contributed by atoms with Gasteiger partial charge in [-0.1, -0.05) is 37.5 Å². The average molecular weight is 514 g/mol. The van der Waals surface area contributed by atoms with Crippen molar-refractivity contribution < 1.29 is 14.3 Å². The quantitative estimate of drug-likeness (QED) is 0.266. The normalized spacial score (nSPS) is 14.0. The molecule has 37 heavy (non-hydrogen) atoms. The number of hydrogen-bond donors (Lipinski definition) is 1. The van der Waals surface area contributed by atoms with E-state index < -0.39 is 5.63 Å². The van der Waals surface area contributed by atoms with Crippen molar-refractivity contribution in [3.05, 3.63) is 106 Å². The molecule has 1 aliphatic rings. The molecule has 5 nitrogen and oxygen atoms in total. The minimum absolute atomic E-state index is 0.00603. The minimum Gasteiger partial charge on any atom is -0.507 e. The molecule has 2 aromatic carbocycles. The molecule has 0 atom stereocenters. The Morgan fingerprint density at radius 3 is 2.57 bits per heavy atom. The van der Waals surface area contributed by atoms with Crippen LogP contribution in [0.15, 0.2) is 87.2 Å². The summed E-state index contributed by atoms with van der Waals surface area (Å²) in [5, 5.41) is 11.7. The van der Waals surface area contributed by atoms with Gasteiger partial charge in [0.2, 0.25) is 0 Å². The zero-order valence-electron chi connectivity index (χ0n) is 21.0. The molecule has 0 radical (unpaired) electrons. The second-order valence-electron chi connectivity index (χ2n) is 9.55. The van der Waals surface area contributed by atoms with Crippen molar-refractivity contribution in [2.24, 2.45) is 0 Å². The van der Waals surface area contributed by atoms with E-state index in [1.54, 1.807) is 19.3 Å². The lowest BCUT2D eigenvalue weighted by Crippen LogP contribution is -2.08. The van der Waals surface area contributed by atoms with Gasteiger partial charge in [0.25, 0.3) is 0 Å². The fraction of sp³-hybridized carbons (Fsp3) is 0.290. The lowest BCUT2D eigenvalue weighted by Gasteiger charge is -2.21. The number of thioether (sulfide) groups is 1. The summed E-state index contributed by atoms with van der Waals surface area (Å²) in [6.07, 6.45) is 10.5. The summed E-state index contributed by atoms with van der Waals surface area (Å²) >= 11 is 1.95. The van der Waals surface area contributed by atoms with Crippen LogP contribution in [0.3, 0.4) is 0 Å². The highest BCUT2D eigenvalue weighted by Gasteiger charge is 2.20. The molecule has 1 aliphatic carbocycles. The first-order chi connectivity index (χ1) is 18.1. The number of pyridine rings is 1. The smallest absolute Gasteiger partial charge is 0.342 e. The maximum Gasteiger partial charge on any atom is 0.342 e. The first-order valence-corrected chi connectivity index (χ1v) is 13.7. The third kappa shape index (κ3) is 6.25. The standard InChI is InChI=1S/C31H31NO4S/c1-21-29(33)28(18-22-7-5-11-27(17-22)37-26-9-3-2-4-10-26)30(36-31(21)34)24-12-14-25(15-13-24)35-20-23-8-6-16-32-19-23/h5-8,11-17,19,26,33H,2-4,9-10,18,20H2,1H3. The first-order valence-electron chi connectivity index (χ1n) is 12.8. The maximum atomic E-state index is 12.5. The number of hydrogen-bond acceptors (Lipinski definition) is 6. The van der Waals surface area contributed by atoms with Crippen LogP contribution in [0.4, 0.5) is 0 Å². The molecule has 1 saturated carbocycles. The van der Waals surface area contributed by atoms with E-state index in [0.29, 0.717) is 40.9 Å². The summed E-state index contributed by atoms with van der Waals surface area (Å²) in [5.74, 6) is 1.08. The van der Waals surface area contributed by atoms with Crippen molar-refractivity contribution in [3.8, 4) is 22.8 Å². The van der Waals surface area contributed by atoms with Crippen molar-refractivity contribution in [3.63, 3.8) is 0 Å². The average Bonchev–Trinajstić information content (AvgIpc) is 2.94. The van der Waals surface area contributed by atoms with Crippen molar-refractivity contribution >= 4 is 11.8 Å². The lowest BCUT2D eigenvalue weighted by atomic mass is 9.98. The molecule has 0 spiro atoms. The Morgan fingerprint density at radius 1 is 1.03 bits per heavy atom. The number of benzene rings is 2. The van der Waals surface area contributed by atoms with Gasteiger partial charge in [-0.3, -0.25) is 4.98 Å². The van der Waals surface area contributed by atoms with Gasteiger partial charge in [-0.2, -0.15) is 0 Å². The Labute approximate surface area is 221 Å². The molecule has 2 heterocycles. The highest BCUT2D eigenvalue weighted by molar-refractivity contribution is 8.00. The van der Waals surface area contributed by atoms with Crippen molar-refractivity contribution in [1.29, 1.82) is 0 Å². The summed E-state index contributed by atoms with van der Waals surface area (Å²) in [7, 11) is 0. The number of aromatic hydroxyl groups is 1. The van der Waals surface area contributed by atoms with Crippen LogP contribution >= 0.6 is 11.8 Å². The zero-order valence-corrected chi connectivity index (χ0v) is 21.8. The predicted octanol–water partition coefficient (Wildman–Crippen LogP) is 7.31. The van der Waals surface area contributed by atoms with Crippen molar-refractivity contribution in [2.45, 2.75) is 62.2 Å². The Morgan fingerprint density at radius 2 is 1.81 bits per heavy atom. The van der Waals surface area contributed by atoms with Gasteiger partial charge in [-0.25, -0.2) is 4.79 Å². The molecule has 4 aromatic rings. The van der Waals surface area contributed by atoms with Crippen LogP contribution in [0.5, 0.6) is 11.5 Å². The SMILES string of the molecule is Cc1c(O)c(Cc2cccc(SC3CCCCC3)c2)c(-c2ccc(OCc3cccnc3)cc2)oc1=O. The fourth-order valence-corrected chi connectivity index (χ4v) is 6.05. The molecule has 6 heteroatoms. The molecule has 0 saturated heterocycles. The summed E-state index contributed by atoms with van der Waals surface area (Å²) in [5.41, 5.74) is 3.07.